The zero-order chi connectivity index (χ0) is 16.4. The topological polar surface area (TPSA) is 127 Å². The van der Waals surface area contributed by atoms with Crippen LogP contribution in [-0.4, -0.2) is 38.2 Å². The molecule has 0 bridgehead atoms. The third-order valence-electron chi connectivity index (χ3n) is 3.18. The minimum atomic E-state index is -1.18. The number of nitro groups is 1. The SMILES string of the molecule is CC(C)(CNC(=O)C(C)(C)n1cc([N+](=O)[O-])cn1)C(=O)O. The van der Waals surface area contributed by atoms with Gasteiger partial charge in [-0.3, -0.25) is 24.4 Å². The van der Waals surface area contributed by atoms with Crippen molar-refractivity contribution >= 4 is 17.6 Å². The standard InChI is InChI=1S/C12H18N4O5/c1-11(2,10(18)19)7-13-9(17)12(3,4)15-6-8(5-14-15)16(20)21/h5-6H,7H2,1-4H3,(H,13,17)(H,18,19). The maximum atomic E-state index is 12.2. The summed E-state index contributed by atoms with van der Waals surface area (Å²) >= 11 is 0. The van der Waals surface area contributed by atoms with Gasteiger partial charge in [-0.05, 0) is 27.7 Å². The van der Waals surface area contributed by atoms with Gasteiger partial charge in [-0.2, -0.15) is 5.10 Å². The van der Waals surface area contributed by atoms with Crippen LogP contribution in [0.15, 0.2) is 12.4 Å². The minimum absolute atomic E-state index is 0.0615. The van der Waals surface area contributed by atoms with Gasteiger partial charge in [0, 0.05) is 6.54 Å². The minimum Gasteiger partial charge on any atom is -0.481 e. The zero-order valence-corrected chi connectivity index (χ0v) is 12.3. The van der Waals surface area contributed by atoms with E-state index in [2.05, 4.69) is 10.4 Å². The number of amides is 1. The predicted molar refractivity (Wildman–Crippen MR) is 72.6 cm³/mol. The summed E-state index contributed by atoms with van der Waals surface area (Å²) in [5.41, 5.74) is -2.51. The molecule has 0 aliphatic heterocycles. The first kappa shape index (κ1) is 16.6. The highest BCUT2D eigenvalue weighted by molar-refractivity contribution is 5.84. The van der Waals surface area contributed by atoms with Gasteiger partial charge in [-0.15, -0.1) is 0 Å². The van der Waals surface area contributed by atoms with Crippen LogP contribution in [0.4, 0.5) is 5.69 Å². The summed E-state index contributed by atoms with van der Waals surface area (Å²) in [6.45, 7) is 5.98. The summed E-state index contributed by atoms with van der Waals surface area (Å²) < 4.78 is 1.17. The smallest absolute Gasteiger partial charge is 0.310 e. The molecular formula is C12H18N4O5. The Bertz CT molecular complexity index is 576. The highest BCUT2D eigenvalue weighted by atomic mass is 16.6. The quantitative estimate of drug-likeness (QED) is 0.589. The third-order valence-corrected chi connectivity index (χ3v) is 3.18. The normalized spacial score (nSPS) is 12.0. The fraction of sp³-hybridized carbons (Fsp3) is 0.583. The van der Waals surface area contributed by atoms with Crippen molar-refractivity contribution in [2.45, 2.75) is 33.2 Å². The Morgan fingerprint density at radius 2 is 2.00 bits per heavy atom. The zero-order valence-electron chi connectivity index (χ0n) is 12.3. The van der Waals surface area contributed by atoms with Gasteiger partial charge in [0.2, 0.25) is 5.91 Å². The Hall–Kier alpha value is -2.45. The molecule has 0 unspecified atom stereocenters. The highest BCUT2D eigenvalue weighted by Crippen LogP contribution is 2.20. The van der Waals surface area contributed by atoms with Crippen LogP contribution in [-0.2, 0) is 15.1 Å². The molecule has 0 saturated heterocycles. The van der Waals surface area contributed by atoms with E-state index >= 15 is 0 Å². The number of aliphatic carboxylic acids is 1. The Morgan fingerprint density at radius 1 is 1.43 bits per heavy atom. The largest absolute Gasteiger partial charge is 0.481 e. The summed E-state index contributed by atoms with van der Waals surface area (Å²) in [5, 5.41) is 26.0. The van der Waals surface area contributed by atoms with Crippen LogP contribution in [0.1, 0.15) is 27.7 Å². The number of hydrogen-bond acceptors (Lipinski definition) is 5. The van der Waals surface area contributed by atoms with Crippen LogP contribution in [0.2, 0.25) is 0 Å². The lowest BCUT2D eigenvalue weighted by Crippen LogP contribution is -2.48. The molecule has 9 heteroatoms. The van der Waals surface area contributed by atoms with E-state index in [-0.39, 0.29) is 12.2 Å². The number of carboxylic acids is 1. The Balaban J connectivity index is 2.84. The highest BCUT2D eigenvalue weighted by Gasteiger charge is 2.34. The van der Waals surface area contributed by atoms with Crippen molar-refractivity contribution in [2.75, 3.05) is 6.54 Å². The van der Waals surface area contributed by atoms with Crippen LogP contribution < -0.4 is 5.32 Å². The van der Waals surface area contributed by atoms with Crippen molar-refractivity contribution in [3.63, 3.8) is 0 Å². The van der Waals surface area contributed by atoms with E-state index in [1.807, 2.05) is 0 Å². The van der Waals surface area contributed by atoms with Gasteiger partial charge in [-0.1, -0.05) is 0 Å². The number of nitrogens with zero attached hydrogens (tertiary/aromatic N) is 3. The summed E-state index contributed by atoms with van der Waals surface area (Å²) in [7, 11) is 0. The van der Waals surface area contributed by atoms with Crippen molar-refractivity contribution in [3.05, 3.63) is 22.5 Å². The molecule has 0 fully saturated rings. The van der Waals surface area contributed by atoms with E-state index in [1.54, 1.807) is 0 Å². The van der Waals surface area contributed by atoms with Crippen molar-refractivity contribution in [1.29, 1.82) is 0 Å². The molecule has 0 spiro atoms. The van der Waals surface area contributed by atoms with Crippen molar-refractivity contribution in [1.82, 2.24) is 15.1 Å². The maximum Gasteiger partial charge on any atom is 0.310 e. The lowest BCUT2D eigenvalue weighted by molar-refractivity contribution is -0.385. The first-order valence-electron chi connectivity index (χ1n) is 6.20. The van der Waals surface area contributed by atoms with E-state index in [4.69, 9.17) is 5.11 Å². The average Bonchev–Trinajstić information content (AvgIpc) is 2.86. The molecule has 0 radical (unpaired) electrons. The number of carbonyl (C=O) groups is 2. The molecule has 0 atom stereocenters. The molecule has 1 heterocycles. The van der Waals surface area contributed by atoms with Crippen LogP contribution in [0.25, 0.3) is 0 Å². The number of nitrogens with one attached hydrogen (secondary N) is 1. The predicted octanol–water partition coefficient (Wildman–Crippen LogP) is 0.753. The molecule has 0 aromatic carbocycles. The lowest BCUT2D eigenvalue weighted by atomic mass is 9.93. The number of aromatic nitrogens is 2. The van der Waals surface area contributed by atoms with Gasteiger partial charge in [-0.25, -0.2) is 0 Å². The Kier molecular flexibility index (Phi) is 4.35. The molecule has 9 nitrogen and oxygen atoms in total. The van der Waals surface area contributed by atoms with E-state index in [9.17, 15) is 19.7 Å². The summed E-state index contributed by atoms with van der Waals surface area (Å²) in [5.74, 6) is -1.51. The molecular weight excluding hydrogens is 280 g/mol. The van der Waals surface area contributed by atoms with Gasteiger partial charge >= 0.3 is 11.7 Å². The monoisotopic (exact) mass is 298 g/mol. The van der Waals surface area contributed by atoms with Crippen molar-refractivity contribution < 1.29 is 19.6 Å². The second kappa shape index (κ2) is 5.51. The fourth-order valence-corrected chi connectivity index (χ4v) is 1.41. The molecule has 1 amide bonds. The molecule has 21 heavy (non-hydrogen) atoms. The fourth-order valence-electron chi connectivity index (χ4n) is 1.41. The molecule has 1 aromatic rings. The average molecular weight is 298 g/mol. The number of carboxylic acid groups (broad SMARTS) is 1. The Morgan fingerprint density at radius 3 is 2.43 bits per heavy atom. The van der Waals surface area contributed by atoms with E-state index < -0.39 is 27.8 Å². The molecule has 0 saturated carbocycles. The second-order valence-electron chi connectivity index (χ2n) is 5.83. The van der Waals surface area contributed by atoms with Crippen LogP contribution in [0.5, 0.6) is 0 Å². The molecule has 0 aliphatic rings. The van der Waals surface area contributed by atoms with E-state index in [0.717, 1.165) is 12.4 Å². The number of hydrogen-bond donors (Lipinski definition) is 2. The van der Waals surface area contributed by atoms with Gasteiger partial charge < -0.3 is 10.4 Å². The van der Waals surface area contributed by atoms with Crippen LogP contribution in [0, 0.1) is 15.5 Å². The summed E-state index contributed by atoms with van der Waals surface area (Å²) in [4.78, 5) is 33.2. The lowest BCUT2D eigenvalue weighted by Gasteiger charge is -2.26. The van der Waals surface area contributed by atoms with Crippen molar-refractivity contribution in [2.24, 2.45) is 5.41 Å². The molecule has 2 N–H and O–H groups in total. The van der Waals surface area contributed by atoms with Crippen LogP contribution >= 0.6 is 0 Å². The van der Waals surface area contributed by atoms with Crippen LogP contribution in [0.3, 0.4) is 0 Å². The van der Waals surface area contributed by atoms with Gasteiger partial charge in [0.05, 0.1) is 10.3 Å². The summed E-state index contributed by atoms with van der Waals surface area (Å²) in [6.07, 6.45) is 2.21. The molecule has 116 valence electrons. The number of rotatable bonds is 6. The third kappa shape index (κ3) is 3.56. The first-order valence-corrected chi connectivity index (χ1v) is 6.20. The second-order valence-corrected chi connectivity index (χ2v) is 5.83. The number of carbonyl (C=O) groups excluding carboxylic acids is 1. The van der Waals surface area contributed by atoms with Gasteiger partial charge in [0.1, 0.15) is 17.9 Å². The van der Waals surface area contributed by atoms with Gasteiger partial charge in [0.25, 0.3) is 0 Å². The molecule has 1 aromatic heterocycles. The molecule has 1 rings (SSSR count). The first-order chi connectivity index (χ1) is 9.48. The maximum absolute atomic E-state index is 12.2. The molecule has 0 aliphatic carbocycles. The van der Waals surface area contributed by atoms with Gasteiger partial charge in [0.15, 0.2) is 0 Å². The van der Waals surface area contributed by atoms with E-state index in [0.29, 0.717) is 0 Å². The summed E-state index contributed by atoms with van der Waals surface area (Å²) in [6, 6.07) is 0. The van der Waals surface area contributed by atoms with E-state index in [1.165, 1.54) is 32.4 Å². The Labute approximate surface area is 121 Å². The van der Waals surface area contributed by atoms with Crippen molar-refractivity contribution in [3.8, 4) is 0 Å².